The maximum Gasteiger partial charge on any atom is 0.240 e. The number of benzene rings is 1. The molecule has 1 N–H and O–H groups in total. The van der Waals surface area contributed by atoms with E-state index >= 15 is 0 Å². The van der Waals surface area contributed by atoms with E-state index < -0.39 is 10.0 Å². The van der Waals surface area contributed by atoms with Crippen LogP contribution in [0.4, 0.5) is 0 Å². The Hall–Kier alpha value is -0.850. The van der Waals surface area contributed by atoms with Crippen molar-refractivity contribution in [2.75, 3.05) is 7.05 Å². The molecule has 6 heteroatoms. The second-order valence-corrected chi connectivity index (χ2v) is 4.78. The SMILES string of the molecule is CNS(=O)(=O)c1ccc(CN=S)cc1. The van der Waals surface area contributed by atoms with Gasteiger partial charge in [0.1, 0.15) is 0 Å². The molecule has 0 amide bonds. The first-order valence-corrected chi connectivity index (χ1v) is 5.76. The Morgan fingerprint density at radius 2 is 1.93 bits per heavy atom. The summed E-state index contributed by atoms with van der Waals surface area (Å²) in [5.74, 6) is 0. The number of nitrogens with one attached hydrogen (secondary N) is 1. The van der Waals surface area contributed by atoms with Crippen molar-refractivity contribution in [1.29, 1.82) is 0 Å². The van der Waals surface area contributed by atoms with Gasteiger partial charge in [0.25, 0.3) is 0 Å². The molecule has 14 heavy (non-hydrogen) atoms. The van der Waals surface area contributed by atoms with Crippen LogP contribution in [0.5, 0.6) is 0 Å². The van der Waals surface area contributed by atoms with Gasteiger partial charge in [-0.25, -0.2) is 17.5 Å². The summed E-state index contributed by atoms with van der Waals surface area (Å²) in [6.45, 7) is 0.426. The molecule has 1 rings (SSSR count). The van der Waals surface area contributed by atoms with Crippen LogP contribution in [-0.2, 0) is 29.0 Å². The summed E-state index contributed by atoms with van der Waals surface area (Å²) in [6.07, 6.45) is 0. The second kappa shape index (κ2) is 4.59. The topological polar surface area (TPSA) is 58.5 Å². The molecule has 1 aromatic rings. The van der Waals surface area contributed by atoms with E-state index in [9.17, 15) is 8.42 Å². The minimum Gasteiger partial charge on any atom is -0.215 e. The first-order valence-electron chi connectivity index (χ1n) is 3.92. The van der Waals surface area contributed by atoms with Crippen molar-refractivity contribution in [3.05, 3.63) is 29.8 Å². The first kappa shape index (κ1) is 11.2. The monoisotopic (exact) mass is 230 g/mol. The largest absolute Gasteiger partial charge is 0.240 e. The number of hydrogen-bond donors (Lipinski definition) is 1. The predicted octanol–water partition coefficient (Wildman–Crippen LogP) is 0.825. The van der Waals surface area contributed by atoms with Crippen LogP contribution >= 0.6 is 0 Å². The molecular formula is C8H10N2O2S2. The fourth-order valence-electron chi connectivity index (χ4n) is 0.966. The molecule has 76 valence electrons. The van der Waals surface area contributed by atoms with Crippen LogP contribution in [0.15, 0.2) is 33.5 Å². The van der Waals surface area contributed by atoms with E-state index in [0.717, 1.165) is 5.56 Å². The van der Waals surface area contributed by atoms with E-state index in [1.165, 1.54) is 19.2 Å². The van der Waals surface area contributed by atoms with Crippen molar-refractivity contribution >= 4 is 22.4 Å². The third kappa shape index (κ3) is 2.57. The van der Waals surface area contributed by atoms with Gasteiger partial charge in [0.15, 0.2) is 0 Å². The summed E-state index contributed by atoms with van der Waals surface area (Å²) < 4.78 is 28.4. The van der Waals surface area contributed by atoms with E-state index in [0.29, 0.717) is 6.54 Å². The lowest BCUT2D eigenvalue weighted by Crippen LogP contribution is -2.18. The Labute approximate surface area is 88.6 Å². The Balaban J connectivity index is 3.00. The van der Waals surface area contributed by atoms with E-state index in [4.69, 9.17) is 0 Å². The van der Waals surface area contributed by atoms with Crippen LogP contribution in [-0.4, -0.2) is 15.5 Å². The number of sulfonamides is 1. The highest BCUT2D eigenvalue weighted by Gasteiger charge is 2.09. The van der Waals surface area contributed by atoms with E-state index in [1.54, 1.807) is 12.1 Å². The van der Waals surface area contributed by atoms with Crippen LogP contribution in [0, 0.1) is 0 Å². The van der Waals surface area contributed by atoms with Crippen LogP contribution in [0.1, 0.15) is 5.56 Å². The Morgan fingerprint density at radius 1 is 1.36 bits per heavy atom. The second-order valence-electron chi connectivity index (χ2n) is 2.64. The maximum absolute atomic E-state index is 11.3. The molecule has 0 saturated carbocycles. The fraction of sp³-hybridized carbons (Fsp3) is 0.250. The molecule has 0 saturated heterocycles. The lowest BCUT2D eigenvalue weighted by Gasteiger charge is -2.02. The Morgan fingerprint density at radius 3 is 2.36 bits per heavy atom. The third-order valence-corrected chi connectivity index (χ3v) is 3.31. The molecule has 0 aliphatic heterocycles. The highest BCUT2D eigenvalue weighted by molar-refractivity contribution is 7.89. The summed E-state index contributed by atoms with van der Waals surface area (Å²) >= 11 is 4.46. The molecule has 0 atom stereocenters. The molecule has 0 radical (unpaired) electrons. The molecule has 0 unspecified atom stereocenters. The van der Waals surface area contributed by atoms with Gasteiger partial charge < -0.3 is 0 Å². The van der Waals surface area contributed by atoms with Crippen LogP contribution in [0.3, 0.4) is 0 Å². The number of nitrogens with zero attached hydrogens (tertiary/aromatic N) is 1. The lowest BCUT2D eigenvalue weighted by atomic mass is 10.2. The molecule has 0 bridgehead atoms. The molecule has 0 spiro atoms. The molecule has 0 heterocycles. The van der Waals surface area contributed by atoms with Gasteiger partial charge in [-0.15, -0.1) is 0 Å². The van der Waals surface area contributed by atoms with Gasteiger partial charge in [0.2, 0.25) is 10.0 Å². The number of rotatable bonds is 4. The van der Waals surface area contributed by atoms with Crippen molar-refractivity contribution < 1.29 is 8.42 Å². The summed E-state index contributed by atoms with van der Waals surface area (Å²) in [7, 11) is -1.96. The smallest absolute Gasteiger partial charge is 0.215 e. The first-order chi connectivity index (χ1) is 6.60. The van der Waals surface area contributed by atoms with Gasteiger partial charge in [-0.05, 0) is 24.7 Å². The van der Waals surface area contributed by atoms with Crippen LogP contribution in [0.25, 0.3) is 0 Å². The van der Waals surface area contributed by atoms with Crippen molar-refractivity contribution in [1.82, 2.24) is 4.72 Å². The molecule has 0 aliphatic rings. The summed E-state index contributed by atoms with van der Waals surface area (Å²) in [6, 6.07) is 6.45. The molecule has 0 fully saturated rings. The standard InChI is InChI=1S/C8H10N2O2S2/c1-9-14(11,12)8-4-2-7(3-5-8)6-10-13/h2-5,9H,6H2,1H3. The zero-order chi connectivity index (χ0) is 10.6. The summed E-state index contributed by atoms with van der Waals surface area (Å²) in [5, 5.41) is 0. The maximum atomic E-state index is 11.3. The zero-order valence-electron chi connectivity index (χ0n) is 7.60. The van der Waals surface area contributed by atoms with Crippen LogP contribution in [0.2, 0.25) is 0 Å². The van der Waals surface area contributed by atoms with Crippen molar-refractivity contribution in [3.63, 3.8) is 0 Å². The normalized spacial score (nSPS) is 11.2. The average molecular weight is 230 g/mol. The van der Waals surface area contributed by atoms with Gasteiger partial charge in [-0.3, -0.25) is 0 Å². The van der Waals surface area contributed by atoms with Gasteiger partial charge in [0.05, 0.1) is 11.4 Å². The Bertz CT molecular complexity index is 411. The highest BCUT2D eigenvalue weighted by atomic mass is 32.2. The van der Waals surface area contributed by atoms with E-state index in [1.807, 2.05) is 0 Å². The fourth-order valence-corrected chi connectivity index (χ4v) is 1.85. The van der Waals surface area contributed by atoms with Gasteiger partial charge in [-0.2, -0.15) is 0 Å². The molecule has 0 aliphatic carbocycles. The molecule has 0 aromatic heterocycles. The lowest BCUT2D eigenvalue weighted by molar-refractivity contribution is 0.588. The average Bonchev–Trinajstić information content (AvgIpc) is 2.19. The minimum atomic E-state index is -3.34. The predicted molar refractivity (Wildman–Crippen MR) is 56.2 cm³/mol. The molecule has 1 aromatic carbocycles. The summed E-state index contributed by atoms with van der Waals surface area (Å²) in [4.78, 5) is 0.244. The minimum absolute atomic E-state index is 0.244. The van der Waals surface area contributed by atoms with Gasteiger partial charge >= 0.3 is 0 Å². The highest BCUT2D eigenvalue weighted by Crippen LogP contribution is 2.10. The number of hydrogen-bond acceptors (Lipinski definition) is 4. The van der Waals surface area contributed by atoms with Crippen molar-refractivity contribution in [3.8, 4) is 0 Å². The van der Waals surface area contributed by atoms with Crippen LogP contribution < -0.4 is 4.72 Å². The quantitative estimate of drug-likeness (QED) is 0.833. The molecule has 4 nitrogen and oxygen atoms in total. The van der Waals surface area contributed by atoms with Crippen molar-refractivity contribution in [2.45, 2.75) is 11.4 Å². The zero-order valence-corrected chi connectivity index (χ0v) is 9.23. The van der Waals surface area contributed by atoms with Gasteiger partial charge in [-0.1, -0.05) is 12.1 Å². The molecular weight excluding hydrogens is 220 g/mol. The van der Waals surface area contributed by atoms with Gasteiger partial charge in [0, 0.05) is 12.4 Å². The van der Waals surface area contributed by atoms with Crippen molar-refractivity contribution in [2.24, 2.45) is 4.36 Å². The Kier molecular flexibility index (Phi) is 3.68. The third-order valence-electron chi connectivity index (χ3n) is 1.75. The van der Waals surface area contributed by atoms with E-state index in [-0.39, 0.29) is 4.90 Å². The van der Waals surface area contributed by atoms with E-state index in [2.05, 4.69) is 21.5 Å². The summed E-state index contributed by atoms with van der Waals surface area (Å²) in [5.41, 5.74) is 0.898.